The molecule has 1 aromatic rings. The zero-order valence-electron chi connectivity index (χ0n) is 14.7. The van der Waals surface area contributed by atoms with Crippen molar-refractivity contribution in [3.63, 3.8) is 0 Å². The van der Waals surface area contributed by atoms with Crippen LogP contribution in [0.25, 0.3) is 0 Å². The first kappa shape index (κ1) is 16.4. The van der Waals surface area contributed by atoms with Crippen LogP contribution >= 0.6 is 0 Å². The van der Waals surface area contributed by atoms with Gasteiger partial charge in [0.2, 0.25) is 0 Å². The summed E-state index contributed by atoms with van der Waals surface area (Å²) in [5, 5.41) is 5.77. The number of carbonyl (C=O) groups excluding carboxylic acids is 2. The van der Waals surface area contributed by atoms with Crippen molar-refractivity contribution in [2.75, 3.05) is 21.2 Å². The topological polar surface area (TPSA) is 73.9 Å². The smallest absolute Gasteiger partial charge is 0.319 e. The largest absolute Gasteiger partial charge is 0.496 e. The summed E-state index contributed by atoms with van der Waals surface area (Å²) in [6, 6.07) is 5.38. The van der Waals surface area contributed by atoms with E-state index in [9.17, 15) is 9.59 Å². The number of methoxy groups -OCH3 is 1. The van der Waals surface area contributed by atoms with E-state index in [-0.39, 0.29) is 30.1 Å². The van der Waals surface area contributed by atoms with Crippen molar-refractivity contribution >= 4 is 12.1 Å². The second kappa shape index (κ2) is 5.89. The number of ether oxygens (including phenoxy) is 1. The van der Waals surface area contributed by atoms with Gasteiger partial charge in [0.15, 0.2) is 0 Å². The van der Waals surface area contributed by atoms with Crippen LogP contribution in [-0.4, -0.2) is 55.3 Å². The molecular formula is C17H24N4O3. The summed E-state index contributed by atoms with van der Waals surface area (Å²) < 4.78 is 5.57. The number of benzene rings is 1. The second-order valence-electron chi connectivity index (χ2n) is 6.61. The number of urea groups is 2. The molecule has 0 aliphatic carbocycles. The minimum Gasteiger partial charge on any atom is -0.496 e. The molecule has 4 amide bonds. The lowest BCUT2D eigenvalue weighted by Gasteiger charge is -2.52. The summed E-state index contributed by atoms with van der Waals surface area (Å²) >= 11 is 0. The van der Waals surface area contributed by atoms with Crippen LogP contribution in [0.15, 0.2) is 18.2 Å². The molecule has 2 saturated heterocycles. The highest BCUT2D eigenvalue weighted by Gasteiger charge is 2.49. The summed E-state index contributed by atoms with van der Waals surface area (Å²) in [5.41, 5.74) is 2.05. The van der Waals surface area contributed by atoms with Gasteiger partial charge in [-0.15, -0.1) is 0 Å². The van der Waals surface area contributed by atoms with Crippen molar-refractivity contribution in [1.29, 1.82) is 0 Å². The van der Waals surface area contributed by atoms with E-state index in [4.69, 9.17) is 4.74 Å². The summed E-state index contributed by atoms with van der Waals surface area (Å²) in [6.07, 6.45) is -0.400. The molecule has 3 rings (SSSR count). The molecule has 7 nitrogen and oxygen atoms in total. The SMILES string of the molecule is COc1cc(C)ccc1C1[C@H]2C(C)N(C)C(=O)N[C@@H]2NC(=O)N1C. The molecule has 2 N–H and O–H groups in total. The third kappa shape index (κ3) is 2.44. The summed E-state index contributed by atoms with van der Waals surface area (Å²) in [7, 11) is 5.19. The number of rotatable bonds is 2. The van der Waals surface area contributed by atoms with Gasteiger partial charge in [0.1, 0.15) is 11.9 Å². The van der Waals surface area contributed by atoms with Gasteiger partial charge >= 0.3 is 12.1 Å². The molecule has 24 heavy (non-hydrogen) atoms. The second-order valence-corrected chi connectivity index (χ2v) is 6.61. The van der Waals surface area contributed by atoms with Gasteiger partial charge in [0.05, 0.1) is 13.2 Å². The molecule has 130 valence electrons. The fraction of sp³-hybridized carbons (Fsp3) is 0.529. The van der Waals surface area contributed by atoms with Crippen molar-refractivity contribution in [2.45, 2.75) is 32.1 Å². The minimum atomic E-state index is -0.400. The first-order valence-electron chi connectivity index (χ1n) is 8.06. The van der Waals surface area contributed by atoms with E-state index < -0.39 is 6.17 Å². The Balaban J connectivity index is 2.09. The maximum Gasteiger partial charge on any atom is 0.319 e. The monoisotopic (exact) mass is 332 g/mol. The molecule has 0 bridgehead atoms. The zero-order valence-corrected chi connectivity index (χ0v) is 14.7. The number of aryl methyl sites for hydroxylation is 1. The Hall–Kier alpha value is -2.44. The Morgan fingerprint density at radius 2 is 1.71 bits per heavy atom. The third-order valence-electron chi connectivity index (χ3n) is 5.24. The average molecular weight is 332 g/mol. The number of carbonyl (C=O) groups is 2. The summed E-state index contributed by atoms with van der Waals surface area (Å²) in [5.74, 6) is 0.749. The van der Waals surface area contributed by atoms with Gasteiger partial charge in [-0.05, 0) is 25.5 Å². The third-order valence-corrected chi connectivity index (χ3v) is 5.24. The molecule has 2 heterocycles. The molecule has 0 saturated carbocycles. The lowest BCUT2D eigenvalue weighted by Crippen LogP contribution is -2.71. The molecule has 7 heteroatoms. The van der Waals surface area contributed by atoms with E-state index in [1.165, 1.54) is 0 Å². The highest BCUT2D eigenvalue weighted by Crippen LogP contribution is 2.41. The lowest BCUT2D eigenvalue weighted by molar-refractivity contribution is 0.0348. The Bertz CT molecular complexity index is 676. The predicted octanol–water partition coefficient (Wildman–Crippen LogP) is 1.69. The van der Waals surface area contributed by atoms with Crippen molar-refractivity contribution in [3.05, 3.63) is 29.3 Å². The molecule has 4 atom stereocenters. The van der Waals surface area contributed by atoms with Gasteiger partial charge in [-0.25, -0.2) is 9.59 Å². The van der Waals surface area contributed by atoms with E-state index >= 15 is 0 Å². The molecule has 2 fully saturated rings. The highest BCUT2D eigenvalue weighted by atomic mass is 16.5. The molecule has 1 aromatic carbocycles. The Morgan fingerprint density at radius 3 is 2.33 bits per heavy atom. The van der Waals surface area contributed by atoms with E-state index in [1.807, 2.05) is 32.0 Å². The van der Waals surface area contributed by atoms with Crippen LogP contribution in [-0.2, 0) is 0 Å². The van der Waals surface area contributed by atoms with Crippen LogP contribution in [0.5, 0.6) is 5.75 Å². The number of nitrogens with one attached hydrogen (secondary N) is 2. The molecular weight excluding hydrogens is 308 g/mol. The van der Waals surface area contributed by atoms with Gasteiger partial charge in [0.25, 0.3) is 0 Å². The van der Waals surface area contributed by atoms with Gasteiger partial charge in [-0.2, -0.15) is 0 Å². The van der Waals surface area contributed by atoms with Crippen molar-refractivity contribution in [1.82, 2.24) is 20.4 Å². The molecule has 0 spiro atoms. The number of hydrogen-bond donors (Lipinski definition) is 2. The van der Waals surface area contributed by atoms with E-state index in [1.54, 1.807) is 31.0 Å². The summed E-state index contributed by atoms with van der Waals surface area (Å²) in [4.78, 5) is 27.9. The van der Waals surface area contributed by atoms with E-state index in [2.05, 4.69) is 10.6 Å². The lowest BCUT2D eigenvalue weighted by atomic mass is 9.80. The van der Waals surface area contributed by atoms with Crippen LogP contribution in [0.1, 0.15) is 24.1 Å². The molecule has 2 aliphatic rings. The Morgan fingerprint density at radius 1 is 1.08 bits per heavy atom. The van der Waals surface area contributed by atoms with Crippen LogP contribution < -0.4 is 15.4 Å². The minimum absolute atomic E-state index is 0.00740. The molecule has 0 radical (unpaired) electrons. The van der Waals surface area contributed by atoms with Crippen LogP contribution in [0.3, 0.4) is 0 Å². The quantitative estimate of drug-likeness (QED) is 0.865. The number of hydrogen-bond acceptors (Lipinski definition) is 3. The van der Waals surface area contributed by atoms with E-state index in [0.717, 1.165) is 16.9 Å². The maximum atomic E-state index is 12.4. The number of fused-ring (bicyclic) bond motifs is 1. The Labute approximate surface area is 141 Å². The average Bonchev–Trinajstić information content (AvgIpc) is 2.55. The van der Waals surface area contributed by atoms with Crippen molar-refractivity contribution < 1.29 is 14.3 Å². The van der Waals surface area contributed by atoms with E-state index in [0.29, 0.717) is 0 Å². The molecule has 0 aromatic heterocycles. The first-order chi connectivity index (χ1) is 11.3. The zero-order chi connectivity index (χ0) is 17.6. The predicted molar refractivity (Wildman–Crippen MR) is 89.8 cm³/mol. The van der Waals surface area contributed by atoms with Crippen molar-refractivity contribution in [2.24, 2.45) is 5.92 Å². The standard InChI is InChI=1S/C17H24N4O3/c1-9-6-7-11(12(8-9)24-5)14-13-10(2)20(3)16(22)18-15(13)19-17(23)21(14)4/h6-8,10,13-15H,1-5H3,(H,18,22)(H,19,23)/t10?,13-,14?,15-/m1/s1. The number of nitrogens with zero attached hydrogens (tertiary/aromatic N) is 2. The van der Waals surface area contributed by atoms with Gasteiger partial charge in [-0.1, -0.05) is 12.1 Å². The maximum absolute atomic E-state index is 12.4. The van der Waals surface area contributed by atoms with Gasteiger partial charge in [0, 0.05) is 31.6 Å². The highest BCUT2D eigenvalue weighted by molar-refractivity contribution is 5.80. The molecule has 2 aliphatic heterocycles. The van der Waals surface area contributed by atoms with Crippen LogP contribution in [0.2, 0.25) is 0 Å². The summed E-state index contributed by atoms with van der Waals surface area (Å²) in [6.45, 7) is 4.01. The fourth-order valence-electron chi connectivity index (χ4n) is 3.73. The first-order valence-corrected chi connectivity index (χ1v) is 8.06. The Kier molecular flexibility index (Phi) is 4.03. The van der Waals surface area contributed by atoms with Crippen LogP contribution in [0, 0.1) is 12.8 Å². The molecule has 2 unspecified atom stereocenters. The van der Waals surface area contributed by atoms with Gasteiger partial charge < -0.3 is 25.2 Å². The number of amides is 4. The van der Waals surface area contributed by atoms with Crippen LogP contribution in [0.4, 0.5) is 9.59 Å². The van der Waals surface area contributed by atoms with Gasteiger partial charge in [-0.3, -0.25) is 0 Å². The van der Waals surface area contributed by atoms with Crippen molar-refractivity contribution in [3.8, 4) is 5.75 Å². The normalized spacial score (nSPS) is 29.7. The fourth-order valence-corrected chi connectivity index (χ4v) is 3.73.